The van der Waals surface area contributed by atoms with Gasteiger partial charge in [-0.3, -0.25) is 9.59 Å². The van der Waals surface area contributed by atoms with Crippen LogP contribution in [0, 0.1) is 24.4 Å². The largest absolute Gasteiger partial charge is 0.492 e. The Labute approximate surface area is 146 Å². The van der Waals surface area contributed by atoms with Crippen molar-refractivity contribution in [1.82, 2.24) is 4.57 Å². The summed E-state index contributed by atoms with van der Waals surface area (Å²) in [6.45, 7) is 1.27. The Morgan fingerprint density at radius 1 is 1.12 bits per heavy atom. The highest BCUT2D eigenvalue weighted by Gasteiger charge is 2.34. The number of benzene rings is 1. The molecule has 0 radical (unpaired) electrons. The number of rotatable bonds is 4. The van der Waals surface area contributed by atoms with Gasteiger partial charge >= 0.3 is 0 Å². The van der Waals surface area contributed by atoms with E-state index in [1.165, 1.54) is 11.7 Å². The van der Waals surface area contributed by atoms with Crippen LogP contribution in [0.2, 0.25) is 0 Å². The van der Waals surface area contributed by atoms with Crippen molar-refractivity contribution in [3.8, 4) is 5.75 Å². The molecule has 0 saturated heterocycles. The molecule has 0 amide bonds. The minimum absolute atomic E-state index is 0.0915. The number of carbonyl (C=O) groups excluding carboxylic acids is 2. The van der Waals surface area contributed by atoms with E-state index in [9.17, 15) is 22.8 Å². The summed E-state index contributed by atoms with van der Waals surface area (Å²) >= 11 is 0. The number of Topliss-reactive ketones (excluding diaryl/α,β-unsaturated/α-hetero) is 1. The van der Waals surface area contributed by atoms with Crippen molar-refractivity contribution in [3.05, 3.63) is 63.9 Å². The molecule has 0 N–H and O–H groups in total. The third kappa shape index (κ3) is 2.67. The molecule has 1 aliphatic carbocycles. The Kier molecular flexibility index (Phi) is 4.35. The number of ether oxygens (including phenoxy) is 2. The SMILES string of the molecule is COC1=CC(=O)c2c(COc3c(F)cc(F)cc3F)c(C)n(C)c2C1=O. The Morgan fingerprint density at radius 3 is 2.31 bits per heavy atom. The van der Waals surface area contributed by atoms with Crippen molar-refractivity contribution in [2.75, 3.05) is 7.11 Å². The number of hydrogen-bond donors (Lipinski definition) is 0. The van der Waals surface area contributed by atoms with Gasteiger partial charge in [-0.05, 0) is 6.92 Å². The molecule has 0 aliphatic heterocycles. The first-order valence-electron chi connectivity index (χ1n) is 7.56. The molecule has 0 fully saturated rings. The Morgan fingerprint density at radius 2 is 1.73 bits per heavy atom. The summed E-state index contributed by atoms with van der Waals surface area (Å²) < 4.78 is 52.0. The van der Waals surface area contributed by atoms with Crippen LogP contribution in [0.15, 0.2) is 24.0 Å². The van der Waals surface area contributed by atoms with Crippen LogP contribution >= 0.6 is 0 Å². The number of fused-ring (bicyclic) bond motifs is 1. The van der Waals surface area contributed by atoms with Gasteiger partial charge in [-0.1, -0.05) is 0 Å². The van der Waals surface area contributed by atoms with Gasteiger partial charge in [-0.2, -0.15) is 0 Å². The van der Waals surface area contributed by atoms with E-state index < -0.39 is 34.8 Å². The zero-order valence-electron chi connectivity index (χ0n) is 14.2. The van der Waals surface area contributed by atoms with Crippen LogP contribution in [0.1, 0.15) is 32.1 Å². The highest BCUT2D eigenvalue weighted by molar-refractivity contribution is 6.24. The van der Waals surface area contributed by atoms with Crippen molar-refractivity contribution >= 4 is 11.6 Å². The molecule has 1 heterocycles. The monoisotopic (exact) mass is 365 g/mol. The molecule has 26 heavy (non-hydrogen) atoms. The van der Waals surface area contributed by atoms with Gasteiger partial charge in [0, 0.05) is 36.5 Å². The van der Waals surface area contributed by atoms with Crippen molar-refractivity contribution in [2.45, 2.75) is 13.5 Å². The number of nitrogens with zero attached hydrogens (tertiary/aromatic N) is 1. The zero-order chi connectivity index (χ0) is 19.2. The number of methoxy groups -OCH3 is 1. The van der Waals surface area contributed by atoms with Gasteiger partial charge in [0.2, 0.25) is 5.78 Å². The summed E-state index contributed by atoms with van der Waals surface area (Å²) in [6, 6.07) is 0.988. The molecule has 0 unspecified atom stereocenters. The van der Waals surface area contributed by atoms with E-state index in [-0.39, 0.29) is 23.6 Å². The molecular weight excluding hydrogens is 351 g/mol. The van der Waals surface area contributed by atoms with Gasteiger partial charge in [-0.25, -0.2) is 13.2 Å². The van der Waals surface area contributed by atoms with E-state index in [2.05, 4.69) is 0 Å². The number of allylic oxidation sites excluding steroid dienone is 2. The molecule has 1 aliphatic rings. The maximum Gasteiger partial charge on any atom is 0.244 e. The lowest BCUT2D eigenvalue weighted by Gasteiger charge is -2.13. The minimum Gasteiger partial charge on any atom is -0.492 e. The first kappa shape index (κ1) is 17.8. The van der Waals surface area contributed by atoms with Crippen LogP contribution in [0.25, 0.3) is 0 Å². The topological polar surface area (TPSA) is 57.5 Å². The van der Waals surface area contributed by atoms with E-state index in [4.69, 9.17) is 9.47 Å². The van der Waals surface area contributed by atoms with Crippen LogP contribution in [-0.2, 0) is 18.4 Å². The maximum atomic E-state index is 13.7. The normalized spacial score (nSPS) is 13.5. The number of hydrogen-bond acceptors (Lipinski definition) is 4. The first-order chi connectivity index (χ1) is 12.3. The second-order valence-corrected chi connectivity index (χ2v) is 5.74. The van der Waals surface area contributed by atoms with Crippen molar-refractivity contribution in [2.24, 2.45) is 7.05 Å². The predicted octanol–water partition coefficient (Wildman–Crippen LogP) is 3.24. The number of aromatic nitrogens is 1. The van der Waals surface area contributed by atoms with Crippen molar-refractivity contribution in [3.63, 3.8) is 0 Å². The lowest BCUT2D eigenvalue weighted by molar-refractivity contribution is 0.0909. The standard InChI is InChI=1S/C18H14F3NO4/c1-8-10(7-26-18-11(20)4-9(19)5-12(18)21)15-13(23)6-14(25-3)17(24)16(15)22(8)2/h4-6H,7H2,1-3H3. The zero-order valence-corrected chi connectivity index (χ0v) is 14.2. The molecule has 1 aromatic carbocycles. The molecule has 0 atom stereocenters. The second kappa shape index (κ2) is 6.36. The minimum atomic E-state index is -1.20. The highest BCUT2D eigenvalue weighted by atomic mass is 19.1. The van der Waals surface area contributed by atoms with Crippen LogP contribution in [0.5, 0.6) is 5.75 Å². The second-order valence-electron chi connectivity index (χ2n) is 5.74. The summed E-state index contributed by atoms with van der Waals surface area (Å²) in [5, 5.41) is 0. The fraction of sp³-hybridized carbons (Fsp3) is 0.222. The van der Waals surface area contributed by atoms with Crippen LogP contribution < -0.4 is 4.74 Å². The molecule has 0 bridgehead atoms. The first-order valence-corrected chi connectivity index (χ1v) is 7.56. The highest BCUT2D eigenvalue weighted by Crippen LogP contribution is 2.31. The fourth-order valence-electron chi connectivity index (χ4n) is 2.91. The molecule has 1 aromatic heterocycles. The third-order valence-corrected chi connectivity index (χ3v) is 4.31. The molecule has 3 rings (SSSR count). The number of ketones is 2. The van der Waals surface area contributed by atoms with Crippen molar-refractivity contribution < 1.29 is 32.2 Å². The molecule has 0 saturated carbocycles. The van der Waals surface area contributed by atoms with E-state index in [1.54, 1.807) is 14.0 Å². The molecule has 0 spiro atoms. The third-order valence-electron chi connectivity index (χ3n) is 4.31. The molecule has 136 valence electrons. The van der Waals surface area contributed by atoms with Gasteiger partial charge in [0.05, 0.1) is 12.7 Å². The van der Waals surface area contributed by atoms with E-state index >= 15 is 0 Å². The molecule has 2 aromatic rings. The van der Waals surface area contributed by atoms with Gasteiger partial charge in [0.25, 0.3) is 0 Å². The summed E-state index contributed by atoms with van der Waals surface area (Å²) in [6.07, 6.45) is 1.06. The van der Waals surface area contributed by atoms with Gasteiger partial charge < -0.3 is 14.0 Å². The average Bonchev–Trinajstić information content (AvgIpc) is 2.82. The van der Waals surface area contributed by atoms with E-state index in [0.717, 1.165) is 6.08 Å². The maximum absolute atomic E-state index is 13.7. The summed E-state index contributed by atoms with van der Waals surface area (Å²) in [4.78, 5) is 24.8. The van der Waals surface area contributed by atoms with Crippen LogP contribution in [0.3, 0.4) is 0 Å². The van der Waals surface area contributed by atoms with Crippen LogP contribution in [0.4, 0.5) is 13.2 Å². The fourth-order valence-corrected chi connectivity index (χ4v) is 2.91. The smallest absolute Gasteiger partial charge is 0.244 e. The van der Waals surface area contributed by atoms with Crippen LogP contribution in [-0.4, -0.2) is 23.2 Å². The van der Waals surface area contributed by atoms with E-state index in [0.29, 0.717) is 23.4 Å². The van der Waals surface area contributed by atoms with Gasteiger partial charge in [-0.15, -0.1) is 0 Å². The molecular formula is C18H14F3NO4. The molecule has 8 heteroatoms. The predicted molar refractivity (Wildman–Crippen MR) is 84.6 cm³/mol. The lowest BCUT2D eigenvalue weighted by atomic mass is 9.96. The summed E-state index contributed by atoms with van der Waals surface area (Å²) in [5.41, 5.74) is 1.05. The van der Waals surface area contributed by atoms with Crippen molar-refractivity contribution in [1.29, 1.82) is 0 Å². The average molecular weight is 365 g/mol. The molecule has 5 nitrogen and oxygen atoms in total. The number of halogens is 3. The quantitative estimate of drug-likeness (QED) is 0.835. The lowest BCUT2D eigenvalue weighted by Crippen LogP contribution is -2.20. The Hall–Kier alpha value is -3.03. The Balaban J connectivity index is 2.01. The van der Waals surface area contributed by atoms with Gasteiger partial charge in [0.15, 0.2) is 28.9 Å². The number of carbonyl (C=O) groups is 2. The summed E-state index contributed by atoms with van der Waals surface area (Å²) in [5.74, 6) is -5.27. The summed E-state index contributed by atoms with van der Waals surface area (Å²) in [7, 11) is 2.86. The Bertz CT molecular complexity index is 952. The van der Waals surface area contributed by atoms with Gasteiger partial charge in [0.1, 0.15) is 18.1 Å². The van der Waals surface area contributed by atoms with E-state index in [1.807, 2.05) is 0 Å².